The number of carboxylic acid groups (broad SMARTS) is 1. The zero-order chi connectivity index (χ0) is 12.3. The van der Waals surface area contributed by atoms with Crippen molar-refractivity contribution in [3.05, 3.63) is 21.0 Å². The highest BCUT2D eigenvalue weighted by Gasteiger charge is 2.19. The molecule has 0 saturated heterocycles. The van der Waals surface area contributed by atoms with E-state index < -0.39 is 24.5 Å². The molecule has 7 heteroatoms. The molecule has 1 aromatic heterocycles. The maximum absolute atomic E-state index is 12.5. The summed E-state index contributed by atoms with van der Waals surface area (Å²) in [5.74, 6) is -0.941. The number of nitrogens with zero attached hydrogens (tertiary/aromatic N) is 1. The van der Waals surface area contributed by atoms with Gasteiger partial charge in [-0.2, -0.15) is 0 Å². The molecular weight excluding hydrogens is 335 g/mol. The van der Waals surface area contributed by atoms with Crippen LogP contribution in [-0.4, -0.2) is 23.2 Å². The first-order chi connectivity index (χ1) is 7.45. The number of hydrogen-bond donors (Lipinski definition) is 1. The highest BCUT2D eigenvalue weighted by atomic mass is 127. The monoisotopic (exact) mass is 343 g/mol. The number of pyridine rings is 1. The van der Waals surface area contributed by atoms with Crippen LogP contribution in [-0.2, 0) is 11.2 Å². The minimum Gasteiger partial charge on any atom is -0.495 e. The summed E-state index contributed by atoms with van der Waals surface area (Å²) in [6.07, 6.45) is -3.18. The van der Waals surface area contributed by atoms with Crippen LogP contribution in [0.15, 0.2) is 6.07 Å². The van der Waals surface area contributed by atoms with E-state index in [1.54, 1.807) is 22.6 Å². The van der Waals surface area contributed by atoms with E-state index in [1.807, 2.05) is 0 Å². The topological polar surface area (TPSA) is 59.4 Å². The normalized spacial score (nSPS) is 10.6. The van der Waals surface area contributed by atoms with Crippen LogP contribution in [0.5, 0.6) is 5.75 Å². The van der Waals surface area contributed by atoms with Gasteiger partial charge in [0.2, 0.25) is 0 Å². The molecule has 0 fully saturated rings. The van der Waals surface area contributed by atoms with Gasteiger partial charge in [-0.1, -0.05) is 0 Å². The van der Waals surface area contributed by atoms with Gasteiger partial charge in [0, 0.05) is 3.57 Å². The summed E-state index contributed by atoms with van der Waals surface area (Å²) in [7, 11) is 1.33. The number of alkyl halides is 2. The van der Waals surface area contributed by atoms with Crippen LogP contribution in [0, 0.1) is 3.57 Å². The average molecular weight is 343 g/mol. The van der Waals surface area contributed by atoms with Gasteiger partial charge in [0.15, 0.2) is 0 Å². The molecule has 0 bridgehead atoms. The number of halogens is 3. The first kappa shape index (κ1) is 13.1. The fraction of sp³-hybridized carbons (Fsp3) is 0.333. The predicted octanol–water partition coefficient (Wildman–Crippen LogP) is 2.26. The Labute approximate surface area is 104 Å². The molecule has 16 heavy (non-hydrogen) atoms. The minimum atomic E-state index is -2.73. The van der Waals surface area contributed by atoms with Crippen LogP contribution >= 0.6 is 22.6 Å². The quantitative estimate of drug-likeness (QED) is 0.852. The van der Waals surface area contributed by atoms with Gasteiger partial charge < -0.3 is 9.84 Å². The Kier molecular flexibility index (Phi) is 4.39. The average Bonchev–Trinajstić information content (AvgIpc) is 2.18. The summed E-state index contributed by atoms with van der Waals surface area (Å²) in [5, 5.41) is 8.60. The summed E-state index contributed by atoms with van der Waals surface area (Å²) in [6, 6.07) is 1.35. The summed E-state index contributed by atoms with van der Waals surface area (Å²) < 4.78 is 30.2. The van der Waals surface area contributed by atoms with Crippen LogP contribution in [0.4, 0.5) is 8.78 Å². The van der Waals surface area contributed by atoms with Gasteiger partial charge in [0.05, 0.1) is 19.2 Å². The Balaban J connectivity index is 3.22. The second kappa shape index (κ2) is 5.37. The van der Waals surface area contributed by atoms with Crippen molar-refractivity contribution in [1.29, 1.82) is 0 Å². The van der Waals surface area contributed by atoms with Gasteiger partial charge >= 0.3 is 5.97 Å². The van der Waals surface area contributed by atoms with Crippen molar-refractivity contribution < 1.29 is 23.4 Å². The van der Waals surface area contributed by atoms with E-state index >= 15 is 0 Å². The Morgan fingerprint density at radius 2 is 2.31 bits per heavy atom. The molecule has 0 aliphatic carbocycles. The summed E-state index contributed by atoms with van der Waals surface area (Å²) in [4.78, 5) is 14.1. The van der Waals surface area contributed by atoms with Crippen molar-refractivity contribution in [3.8, 4) is 5.75 Å². The minimum absolute atomic E-state index is 0.00529. The Bertz CT molecular complexity index is 412. The van der Waals surface area contributed by atoms with Crippen molar-refractivity contribution in [2.45, 2.75) is 12.8 Å². The fourth-order valence-electron chi connectivity index (χ4n) is 1.13. The largest absolute Gasteiger partial charge is 0.495 e. The van der Waals surface area contributed by atoms with E-state index in [-0.39, 0.29) is 15.0 Å². The van der Waals surface area contributed by atoms with Crippen LogP contribution in [0.2, 0.25) is 0 Å². The lowest BCUT2D eigenvalue weighted by atomic mass is 10.2. The molecule has 0 unspecified atom stereocenters. The molecule has 0 saturated carbocycles. The number of aliphatic carboxylic acids is 1. The molecule has 0 aliphatic heterocycles. The number of carboxylic acids is 1. The molecule has 0 radical (unpaired) electrons. The van der Waals surface area contributed by atoms with E-state index in [1.165, 1.54) is 13.2 Å². The maximum Gasteiger partial charge on any atom is 0.309 e. The SMILES string of the molecule is COc1cc(I)c(C(F)F)nc1CC(=O)O. The predicted molar refractivity (Wildman–Crippen MR) is 59.8 cm³/mol. The molecule has 0 aliphatic rings. The van der Waals surface area contributed by atoms with E-state index in [0.717, 1.165) is 0 Å². The number of ether oxygens (including phenoxy) is 1. The molecule has 1 N–H and O–H groups in total. The van der Waals surface area contributed by atoms with E-state index in [2.05, 4.69) is 4.98 Å². The maximum atomic E-state index is 12.5. The first-order valence-electron chi connectivity index (χ1n) is 4.19. The third-order valence-corrected chi connectivity index (χ3v) is 2.65. The van der Waals surface area contributed by atoms with Gasteiger partial charge in [0.1, 0.15) is 11.4 Å². The summed E-state index contributed by atoms with van der Waals surface area (Å²) in [6.45, 7) is 0. The van der Waals surface area contributed by atoms with Gasteiger partial charge in [-0.25, -0.2) is 13.8 Å². The van der Waals surface area contributed by atoms with E-state index in [4.69, 9.17) is 9.84 Å². The molecule has 88 valence electrons. The Morgan fingerprint density at radius 1 is 1.69 bits per heavy atom. The lowest BCUT2D eigenvalue weighted by Crippen LogP contribution is -2.08. The van der Waals surface area contributed by atoms with Crippen LogP contribution in [0.3, 0.4) is 0 Å². The zero-order valence-electron chi connectivity index (χ0n) is 8.21. The fourth-order valence-corrected chi connectivity index (χ4v) is 1.76. The lowest BCUT2D eigenvalue weighted by molar-refractivity contribution is -0.136. The lowest BCUT2D eigenvalue weighted by Gasteiger charge is -2.10. The molecule has 0 atom stereocenters. The number of aromatic nitrogens is 1. The smallest absolute Gasteiger partial charge is 0.309 e. The van der Waals surface area contributed by atoms with Gasteiger partial charge in [-0.3, -0.25) is 4.79 Å². The van der Waals surface area contributed by atoms with Crippen molar-refractivity contribution in [2.75, 3.05) is 7.11 Å². The number of hydrogen-bond acceptors (Lipinski definition) is 3. The molecule has 0 spiro atoms. The zero-order valence-corrected chi connectivity index (χ0v) is 10.4. The number of carbonyl (C=O) groups is 1. The van der Waals surface area contributed by atoms with Crippen molar-refractivity contribution >= 4 is 28.6 Å². The number of rotatable bonds is 4. The second-order valence-corrected chi connectivity index (χ2v) is 4.04. The van der Waals surface area contributed by atoms with Crippen molar-refractivity contribution in [1.82, 2.24) is 4.98 Å². The molecule has 0 amide bonds. The molecule has 4 nitrogen and oxygen atoms in total. The highest BCUT2D eigenvalue weighted by Crippen LogP contribution is 2.28. The third-order valence-electron chi connectivity index (χ3n) is 1.79. The third kappa shape index (κ3) is 3.00. The van der Waals surface area contributed by atoms with Crippen molar-refractivity contribution in [3.63, 3.8) is 0 Å². The van der Waals surface area contributed by atoms with Gasteiger partial charge in [-0.15, -0.1) is 0 Å². The first-order valence-corrected chi connectivity index (χ1v) is 5.26. The summed E-state index contributed by atoms with van der Waals surface area (Å²) in [5.41, 5.74) is -0.414. The molecule has 1 aromatic rings. The van der Waals surface area contributed by atoms with E-state index in [9.17, 15) is 13.6 Å². The highest BCUT2D eigenvalue weighted by molar-refractivity contribution is 14.1. The standard InChI is InChI=1S/C9H8F2INO3/c1-16-6-2-4(12)8(9(10)11)13-5(6)3-7(14)15/h2,9H,3H2,1H3,(H,14,15). The van der Waals surface area contributed by atoms with Gasteiger partial charge in [-0.05, 0) is 28.7 Å². The number of methoxy groups -OCH3 is 1. The molecule has 0 aromatic carbocycles. The molecule has 1 rings (SSSR count). The van der Waals surface area contributed by atoms with Crippen molar-refractivity contribution in [2.24, 2.45) is 0 Å². The Morgan fingerprint density at radius 3 is 2.75 bits per heavy atom. The van der Waals surface area contributed by atoms with Crippen LogP contribution < -0.4 is 4.74 Å². The van der Waals surface area contributed by atoms with Gasteiger partial charge in [0.25, 0.3) is 6.43 Å². The summed E-state index contributed by atoms with van der Waals surface area (Å²) >= 11 is 1.71. The Hall–Kier alpha value is -0.990. The molecule has 1 heterocycles. The second-order valence-electron chi connectivity index (χ2n) is 2.88. The van der Waals surface area contributed by atoms with Crippen LogP contribution in [0.25, 0.3) is 0 Å². The van der Waals surface area contributed by atoms with E-state index in [0.29, 0.717) is 0 Å². The molecular formula is C9H8F2INO3. The van der Waals surface area contributed by atoms with Crippen LogP contribution in [0.1, 0.15) is 17.8 Å².